The standard InChI is InChI=1S/C10H13N3O5/c1-4-18-10(17)8(14)11-7-6(9(15)16)5(2)12-13(7)3/h4H2,1-3H3,(H,11,14)(H,15,16). The number of rotatable bonds is 3. The zero-order chi connectivity index (χ0) is 13.9. The number of esters is 1. The SMILES string of the molecule is CCOC(=O)C(=O)Nc1c(C(=O)O)c(C)nn1C. The molecule has 0 aliphatic rings. The van der Waals surface area contributed by atoms with Crippen molar-refractivity contribution < 1.29 is 24.2 Å². The van der Waals surface area contributed by atoms with E-state index < -0.39 is 17.8 Å². The summed E-state index contributed by atoms with van der Waals surface area (Å²) >= 11 is 0. The number of nitrogens with one attached hydrogen (secondary N) is 1. The van der Waals surface area contributed by atoms with E-state index in [4.69, 9.17) is 5.11 Å². The Morgan fingerprint density at radius 1 is 1.44 bits per heavy atom. The summed E-state index contributed by atoms with van der Waals surface area (Å²) in [6.07, 6.45) is 0. The molecule has 1 heterocycles. The number of aryl methyl sites for hydroxylation is 2. The molecule has 1 aromatic rings. The molecule has 0 saturated heterocycles. The van der Waals surface area contributed by atoms with Gasteiger partial charge in [0.15, 0.2) is 0 Å². The molecule has 0 atom stereocenters. The van der Waals surface area contributed by atoms with Crippen LogP contribution in [0.15, 0.2) is 0 Å². The number of hydrogen-bond donors (Lipinski definition) is 2. The van der Waals surface area contributed by atoms with Crippen LogP contribution in [0.4, 0.5) is 5.82 Å². The summed E-state index contributed by atoms with van der Waals surface area (Å²) in [5.74, 6) is -3.41. The minimum atomic E-state index is -1.24. The van der Waals surface area contributed by atoms with Gasteiger partial charge in [0.05, 0.1) is 12.3 Å². The number of hydrogen-bond acceptors (Lipinski definition) is 5. The predicted molar refractivity (Wildman–Crippen MR) is 60.2 cm³/mol. The van der Waals surface area contributed by atoms with Crippen LogP contribution in [0.5, 0.6) is 0 Å². The van der Waals surface area contributed by atoms with E-state index >= 15 is 0 Å². The van der Waals surface area contributed by atoms with Crippen LogP contribution < -0.4 is 5.32 Å². The van der Waals surface area contributed by atoms with Crippen LogP contribution in [0.3, 0.4) is 0 Å². The molecule has 2 N–H and O–H groups in total. The second-order valence-corrected chi connectivity index (χ2v) is 3.41. The van der Waals surface area contributed by atoms with Gasteiger partial charge in [0.1, 0.15) is 11.4 Å². The Morgan fingerprint density at radius 2 is 2.06 bits per heavy atom. The van der Waals surface area contributed by atoms with Gasteiger partial charge in [-0.1, -0.05) is 0 Å². The highest BCUT2D eigenvalue weighted by atomic mass is 16.5. The minimum Gasteiger partial charge on any atom is -0.477 e. The molecule has 18 heavy (non-hydrogen) atoms. The van der Waals surface area contributed by atoms with Crippen molar-refractivity contribution in [3.05, 3.63) is 11.3 Å². The molecule has 8 heteroatoms. The third-order valence-electron chi connectivity index (χ3n) is 2.13. The molecule has 1 rings (SSSR count). The van der Waals surface area contributed by atoms with E-state index in [1.807, 2.05) is 0 Å². The Labute approximate surface area is 103 Å². The number of anilines is 1. The Balaban J connectivity index is 3.01. The second kappa shape index (κ2) is 5.30. The van der Waals surface area contributed by atoms with Crippen LogP contribution in [-0.4, -0.2) is 39.3 Å². The van der Waals surface area contributed by atoms with Gasteiger partial charge in [-0.05, 0) is 13.8 Å². The number of ether oxygens (including phenoxy) is 1. The van der Waals surface area contributed by atoms with E-state index in [-0.39, 0.29) is 23.7 Å². The Hall–Kier alpha value is -2.38. The average Bonchev–Trinajstić information content (AvgIpc) is 2.54. The van der Waals surface area contributed by atoms with Crippen molar-refractivity contribution in [3.63, 3.8) is 0 Å². The quantitative estimate of drug-likeness (QED) is 0.577. The number of aromatic nitrogens is 2. The van der Waals surface area contributed by atoms with Gasteiger partial charge in [0.25, 0.3) is 0 Å². The Bertz CT molecular complexity index is 506. The summed E-state index contributed by atoms with van der Waals surface area (Å²) < 4.78 is 5.67. The average molecular weight is 255 g/mol. The smallest absolute Gasteiger partial charge is 0.397 e. The largest absolute Gasteiger partial charge is 0.477 e. The molecule has 0 aliphatic heterocycles. The maximum absolute atomic E-state index is 11.4. The van der Waals surface area contributed by atoms with Crippen molar-refractivity contribution in [2.75, 3.05) is 11.9 Å². The molecule has 0 spiro atoms. The molecular formula is C10H13N3O5. The highest BCUT2D eigenvalue weighted by Crippen LogP contribution is 2.18. The van der Waals surface area contributed by atoms with Crippen LogP contribution in [0.25, 0.3) is 0 Å². The van der Waals surface area contributed by atoms with Crippen LogP contribution in [0.2, 0.25) is 0 Å². The molecule has 1 aromatic heterocycles. The first-order valence-corrected chi connectivity index (χ1v) is 5.13. The zero-order valence-corrected chi connectivity index (χ0v) is 10.2. The number of aromatic carboxylic acids is 1. The van der Waals surface area contributed by atoms with Crippen molar-refractivity contribution >= 4 is 23.7 Å². The molecule has 0 aromatic carbocycles. The summed E-state index contributed by atoms with van der Waals surface area (Å²) in [7, 11) is 1.46. The van der Waals surface area contributed by atoms with Crippen LogP contribution in [-0.2, 0) is 21.4 Å². The summed E-state index contributed by atoms with van der Waals surface area (Å²) in [6, 6.07) is 0. The molecule has 1 amide bonds. The van der Waals surface area contributed by atoms with Gasteiger partial charge in [-0.3, -0.25) is 9.48 Å². The van der Waals surface area contributed by atoms with E-state index in [9.17, 15) is 14.4 Å². The van der Waals surface area contributed by atoms with E-state index in [0.717, 1.165) is 0 Å². The maximum atomic E-state index is 11.4. The molecule has 0 saturated carbocycles. The van der Waals surface area contributed by atoms with Gasteiger partial charge in [0.2, 0.25) is 0 Å². The highest BCUT2D eigenvalue weighted by molar-refractivity contribution is 6.37. The number of nitrogens with zero attached hydrogens (tertiary/aromatic N) is 2. The summed E-state index contributed by atoms with van der Waals surface area (Å²) in [4.78, 5) is 33.6. The van der Waals surface area contributed by atoms with Gasteiger partial charge in [-0.2, -0.15) is 5.10 Å². The van der Waals surface area contributed by atoms with Crippen molar-refractivity contribution in [3.8, 4) is 0 Å². The fraction of sp³-hybridized carbons (Fsp3) is 0.400. The molecular weight excluding hydrogens is 242 g/mol. The van der Waals surface area contributed by atoms with Crippen LogP contribution in [0, 0.1) is 6.92 Å². The van der Waals surface area contributed by atoms with E-state index in [0.29, 0.717) is 0 Å². The number of carbonyl (C=O) groups excluding carboxylic acids is 2. The number of carboxylic acids is 1. The number of amides is 1. The number of carboxylic acid groups (broad SMARTS) is 1. The molecule has 0 aliphatic carbocycles. The van der Waals surface area contributed by atoms with E-state index in [1.165, 1.54) is 18.7 Å². The third kappa shape index (κ3) is 2.65. The van der Waals surface area contributed by atoms with Gasteiger partial charge in [-0.25, -0.2) is 9.59 Å². The lowest BCUT2D eigenvalue weighted by molar-refractivity contribution is -0.152. The fourth-order valence-electron chi connectivity index (χ4n) is 1.41. The predicted octanol–water partition coefficient (Wildman–Crippen LogP) is -0.0717. The molecule has 0 unspecified atom stereocenters. The molecule has 98 valence electrons. The van der Waals surface area contributed by atoms with Gasteiger partial charge < -0.3 is 15.2 Å². The second-order valence-electron chi connectivity index (χ2n) is 3.41. The zero-order valence-electron chi connectivity index (χ0n) is 10.2. The molecule has 0 fully saturated rings. The molecule has 8 nitrogen and oxygen atoms in total. The maximum Gasteiger partial charge on any atom is 0.397 e. The first kappa shape index (κ1) is 13.7. The van der Waals surface area contributed by atoms with Gasteiger partial charge in [-0.15, -0.1) is 0 Å². The first-order chi connectivity index (χ1) is 8.38. The summed E-state index contributed by atoms with van der Waals surface area (Å²) in [5.41, 5.74) is 0.0827. The van der Waals surface area contributed by atoms with Crippen LogP contribution in [0.1, 0.15) is 23.0 Å². The lowest BCUT2D eigenvalue weighted by Crippen LogP contribution is -2.27. The minimum absolute atomic E-state index is 0.0574. The van der Waals surface area contributed by atoms with E-state index in [2.05, 4.69) is 15.2 Å². The van der Waals surface area contributed by atoms with Crippen molar-refractivity contribution in [1.82, 2.24) is 9.78 Å². The van der Waals surface area contributed by atoms with E-state index in [1.54, 1.807) is 6.92 Å². The first-order valence-electron chi connectivity index (χ1n) is 5.13. The Morgan fingerprint density at radius 3 is 2.56 bits per heavy atom. The summed E-state index contributed by atoms with van der Waals surface area (Å²) in [5, 5.41) is 15.0. The van der Waals surface area contributed by atoms with Crippen LogP contribution >= 0.6 is 0 Å². The van der Waals surface area contributed by atoms with Crippen molar-refractivity contribution in [2.45, 2.75) is 13.8 Å². The normalized spacial score (nSPS) is 9.94. The Kier molecular flexibility index (Phi) is 4.03. The lowest BCUT2D eigenvalue weighted by Gasteiger charge is -2.05. The van der Waals surface area contributed by atoms with Crippen molar-refractivity contribution in [2.24, 2.45) is 7.05 Å². The lowest BCUT2D eigenvalue weighted by atomic mass is 10.2. The van der Waals surface area contributed by atoms with Gasteiger partial charge in [0, 0.05) is 7.05 Å². The monoisotopic (exact) mass is 255 g/mol. The summed E-state index contributed by atoms with van der Waals surface area (Å²) in [6.45, 7) is 3.11. The molecule has 0 bridgehead atoms. The topological polar surface area (TPSA) is 111 Å². The van der Waals surface area contributed by atoms with Crippen molar-refractivity contribution in [1.29, 1.82) is 0 Å². The fourth-order valence-corrected chi connectivity index (χ4v) is 1.41. The van der Waals surface area contributed by atoms with Gasteiger partial charge >= 0.3 is 17.8 Å². The third-order valence-corrected chi connectivity index (χ3v) is 2.13. The highest BCUT2D eigenvalue weighted by Gasteiger charge is 2.24. The molecule has 0 radical (unpaired) electrons. The number of carbonyl (C=O) groups is 3.